The van der Waals surface area contributed by atoms with Crippen molar-refractivity contribution in [2.45, 2.75) is 25.9 Å². The molecule has 0 spiro atoms. The fourth-order valence-electron chi connectivity index (χ4n) is 3.69. The van der Waals surface area contributed by atoms with Crippen molar-refractivity contribution in [2.75, 3.05) is 16.3 Å². The first-order chi connectivity index (χ1) is 14.6. The number of nitrogens with zero attached hydrogens (tertiary/aromatic N) is 2. The Morgan fingerprint density at radius 1 is 0.967 bits per heavy atom. The molecule has 3 amide bonds. The van der Waals surface area contributed by atoms with Gasteiger partial charge in [0.1, 0.15) is 0 Å². The van der Waals surface area contributed by atoms with E-state index in [2.05, 4.69) is 5.32 Å². The average Bonchev–Trinajstić information content (AvgIpc) is 3.13. The number of rotatable bonds is 5. The molecular weight excluding hydrogens is 374 g/mol. The first-order valence-electron chi connectivity index (χ1n) is 10.1. The number of urea groups is 1. The molecule has 1 fully saturated rings. The number of nitrogens with one attached hydrogen (secondary N) is 1. The molecule has 4 rings (SSSR count). The molecular formula is C25H25N3O2. The first kappa shape index (κ1) is 19.7. The van der Waals surface area contributed by atoms with Crippen LogP contribution in [0.4, 0.5) is 16.2 Å². The lowest BCUT2D eigenvalue weighted by Gasteiger charge is -2.25. The van der Waals surface area contributed by atoms with Crippen molar-refractivity contribution in [3.05, 3.63) is 96.1 Å². The Bertz CT molecular complexity index is 1000. The molecule has 1 heterocycles. The van der Waals surface area contributed by atoms with E-state index >= 15 is 0 Å². The lowest BCUT2D eigenvalue weighted by atomic mass is 10.2. The summed E-state index contributed by atoms with van der Waals surface area (Å²) in [5, 5.41) is 3.06. The topological polar surface area (TPSA) is 52.7 Å². The summed E-state index contributed by atoms with van der Waals surface area (Å²) in [4.78, 5) is 29.2. The monoisotopic (exact) mass is 399 g/mol. The zero-order chi connectivity index (χ0) is 20.9. The molecule has 1 aliphatic heterocycles. The molecule has 0 aliphatic carbocycles. The van der Waals surface area contributed by atoms with E-state index in [9.17, 15) is 9.59 Å². The van der Waals surface area contributed by atoms with E-state index in [4.69, 9.17) is 0 Å². The Kier molecular flexibility index (Phi) is 5.80. The molecule has 3 aromatic carbocycles. The number of amides is 3. The van der Waals surface area contributed by atoms with Crippen molar-refractivity contribution in [1.29, 1.82) is 0 Å². The fourth-order valence-corrected chi connectivity index (χ4v) is 3.69. The lowest BCUT2D eigenvalue weighted by molar-refractivity contribution is -0.117. The fraction of sp³-hybridized carbons (Fsp3) is 0.200. The van der Waals surface area contributed by atoms with Crippen LogP contribution in [0.1, 0.15) is 17.5 Å². The highest BCUT2D eigenvalue weighted by molar-refractivity contribution is 5.98. The van der Waals surface area contributed by atoms with Gasteiger partial charge in [-0.05, 0) is 36.8 Å². The third-order valence-electron chi connectivity index (χ3n) is 5.29. The van der Waals surface area contributed by atoms with E-state index in [-0.39, 0.29) is 18.0 Å². The molecule has 1 aliphatic rings. The summed E-state index contributed by atoms with van der Waals surface area (Å²) in [6.45, 7) is 2.95. The van der Waals surface area contributed by atoms with Crippen LogP contribution in [0.15, 0.2) is 84.9 Å². The maximum absolute atomic E-state index is 13.2. The standard InChI is InChI=1S/C25H25N3O2/c1-19-12-14-23(15-13-19)27-18-21(16-24(27)29)26-25(30)28(22-10-6-3-7-11-22)17-20-8-4-2-5-9-20/h2-15,21H,16-18H2,1H3,(H,26,30)/t21-/m0/s1. The van der Waals surface area contributed by atoms with Gasteiger partial charge in [0.25, 0.3) is 0 Å². The number of hydrogen-bond acceptors (Lipinski definition) is 2. The Morgan fingerprint density at radius 3 is 2.27 bits per heavy atom. The van der Waals surface area contributed by atoms with E-state index in [1.807, 2.05) is 91.9 Å². The van der Waals surface area contributed by atoms with Crippen molar-refractivity contribution in [2.24, 2.45) is 0 Å². The maximum atomic E-state index is 13.2. The Balaban J connectivity index is 1.48. The summed E-state index contributed by atoms with van der Waals surface area (Å²) in [5.74, 6) is 0.0264. The smallest absolute Gasteiger partial charge is 0.322 e. The molecule has 5 nitrogen and oxygen atoms in total. The Labute approximate surface area is 176 Å². The molecule has 0 bridgehead atoms. The van der Waals surface area contributed by atoms with Crippen molar-refractivity contribution in [1.82, 2.24) is 5.32 Å². The van der Waals surface area contributed by atoms with Gasteiger partial charge in [-0.3, -0.25) is 9.69 Å². The van der Waals surface area contributed by atoms with Crippen molar-refractivity contribution >= 4 is 23.3 Å². The minimum Gasteiger partial charge on any atom is -0.333 e. The minimum atomic E-state index is -0.228. The van der Waals surface area contributed by atoms with E-state index < -0.39 is 0 Å². The largest absolute Gasteiger partial charge is 0.333 e. The van der Waals surface area contributed by atoms with Gasteiger partial charge in [0.2, 0.25) is 5.91 Å². The maximum Gasteiger partial charge on any atom is 0.322 e. The van der Waals surface area contributed by atoms with Gasteiger partial charge in [-0.1, -0.05) is 66.2 Å². The third kappa shape index (κ3) is 4.51. The second kappa shape index (κ2) is 8.82. The van der Waals surface area contributed by atoms with E-state index in [0.717, 1.165) is 22.5 Å². The van der Waals surface area contributed by atoms with Crippen LogP contribution < -0.4 is 15.1 Å². The number of anilines is 2. The summed E-state index contributed by atoms with van der Waals surface area (Å²) >= 11 is 0. The van der Waals surface area contributed by atoms with E-state index in [0.29, 0.717) is 19.5 Å². The number of carbonyl (C=O) groups is 2. The molecule has 1 N–H and O–H groups in total. The van der Waals surface area contributed by atoms with Crippen LogP contribution in [0.3, 0.4) is 0 Å². The number of carbonyl (C=O) groups excluding carboxylic acids is 2. The number of benzene rings is 3. The van der Waals surface area contributed by atoms with Gasteiger partial charge in [0.05, 0.1) is 12.6 Å². The second-order valence-corrected chi connectivity index (χ2v) is 7.60. The first-order valence-corrected chi connectivity index (χ1v) is 10.1. The van der Waals surface area contributed by atoms with Crippen LogP contribution in [0.2, 0.25) is 0 Å². The van der Waals surface area contributed by atoms with Crippen LogP contribution in [-0.2, 0) is 11.3 Å². The number of hydrogen-bond donors (Lipinski definition) is 1. The van der Waals surface area contributed by atoms with Crippen LogP contribution in [0.5, 0.6) is 0 Å². The van der Waals surface area contributed by atoms with Gasteiger partial charge < -0.3 is 10.2 Å². The molecule has 0 aromatic heterocycles. The Hall–Kier alpha value is -3.60. The molecule has 0 saturated carbocycles. The average molecular weight is 399 g/mol. The van der Waals surface area contributed by atoms with Crippen molar-refractivity contribution in [3.8, 4) is 0 Å². The van der Waals surface area contributed by atoms with Crippen LogP contribution in [0.25, 0.3) is 0 Å². The summed E-state index contributed by atoms with van der Waals surface area (Å²) < 4.78 is 0. The van der Waals surface area contributed by atoms with Gasteiger partial charge in [0.15, 0.2) is 0 Å². The molecule has 5 heteroatoms. The summed E-state index contributed by atoms with van der Waals surface area (Å²) in [5.41, 5.74) is 3.88. The van der Waals surface area contributed by atoms with Gasteiger partial charge in [-0.15, -0.1) is 0 Å². The molecule has 3 aromatic rings. The predicted octanol–water partition coefficient (Wildman–Crippen LogP) is 4.52. The molecule has 0 radical (unpaired) electrons. The van der Waals surface area contributed by atoms with Crippen LogP contribution in [-0.4, -0.2) is 24.5 Å². The molecule has 1 saturated heterocycles. The Morgan fingerprint density at radius 2 is 1.60 bits per heavy atom. The normalized spacial score (nSPS) is 15.8. The highest BCUT2D eigenvalue weighted by Crippen LogP contribution is 2.23. The summed E-state index contributed by atoms with van der Waals surface area (Å²) in [6, 6.07) is 26.9. The van der Waals surface area contributed by atoms with E-state index in [1.54, 1.807) is 9.80 Å². The van der Waals surface area contributed by atoms with Crippen LogP contribution in [0, 0.1) is 6.92 Å². The number of aryl methyl sites for hydroxylation is 1. The highest BCUT2D eigenvalue weighted by atomic mass is 16.2. The van der Waals surface area contributed by atoms with Gasteiger partial charge in [-0.2, -0.15) is 0 Å². The van der Waals surface area contributed by atoms with E-state index in [1.165, 1.54) is 0 Å². The quantitative estimate of drug-likeness (QED) is 0.686. The predicted molar refractivity (Wildman–Crippen MR) is 120 cm³/mol. The van der Waals surface area contributed by atoms with Crippen molar-refractivity contribution < 1.29 is 9.59 Å². The molecule has 30 heavy (non-hydrogen) atoms. The summed E-state index contributed by atoms with van der Waals surface area (Å²) in [7, 11) is 0. The minimum absolute atomic E-state index is 0.0264. The zero-order valence-electron chi connectivity index (χ0n) is 17.0. The van der Waals surface area contributed by atoms with Crippen molar-refractivity contribution in [3.63, 3.8) is 0 Å². The zero-order valence-corrected chi connectivity index (χ0v) is 17.0. The summed E-state index contributed by atoms with van der Waals surface area (Å²) in [6.07, 6.45) is 0.299. The molecule has 0 unspecified atom stereocenters. The molecule has 1 atom stereocenters. The molecule has 152 valence electrons. The van der Waals surface area contributed by atoms with Gasteiger partial charge in [-0.25, -0.2) is 4.79 Å². The lowest BCUT2D eigenvalue weighted by Crippen LogP contribution is -2.45. The SMILES string of the molecule is Cc1ccc(N2C[C@@H](NC(=O)N(Cc3ccccc3)c3ccccc3)CC2=O)cc1. The third-order valence-corrected chi connectivity index (χ3v) is 5.29. The van der Waals surface area contributed by atoms with Gasteiger partial charge in [0, 0.05) is 24.3 Å². The number of para-hydroxylation sites is 1. The highest BCUT2D eigenvalue weighted by Gasteiger charge is 2.32. The van der Waals surface area contributed by atoms with Crippen LogP contribution >= 0.6 is 0 Å². The second-order valence-electron chi connectivity index (χ2n) is 7.60. The van der Waals surface area contributed by atoms with Gasteiger partial charge >= 0.3 is 6.03 Å².